The van der Waals surface area contributed by atoms with Crippen molar-refractivity contribution in [1.82, 2.24) is 15.2 Å². The number of pyridine rings is 1. The number of hydrogen-bond acceptors (Lipinski definition) is 8. The summed E-state index contributed by atoms with van der Waals surface area (Å²) in [6.07, 6.45) is 3.70. The highest BCUT2D eigenvalue weighted by Gasteiger charge is 2.06. The summed E-state index contributed by atoms with van der Waals surface area (Å²) in [5.41, 5.74) is 3.64. The fourth-order valence-electron chi connectivity index (χ4n) is 1.16. The first-order chi connectivity index (χ1) is 8.33. The predicted octanol–water partition coefficient (Wildman–Crippen LogP) is 2.23. The standard InChI is InChI=1S/C9H11N5S3/c1-15-8-13-14-9(17-8)16-5-6-3-2-4-11-7(6)12-10/h2-4H,5,10H2,1H3,(H,11,12). The van der Waals surface area contributed by atoms with Crippen LogP contribution in [0, 0.1) is 0 Å². The molecule has 0 amide bonds. The fourth-order valence-corrected chi connectivity index (χ4v) is 3.59. The maximum Gasteiger partial charge on any atom is 0.175 e. The van der Waals surface area contributed by atoms with Crippen LogP contribution in [-0.4, -0.2) is 21.4 Å². The molecular formula is C9H11N5S3. The van der Waals surface area contributed by atoms with Crippen LogP contribution in [0.3, 0.4) is 0 Å². The van der Waals surface area contributed by atoms with E-state index in [2.05, 4.69) is 20.6 Å². The second-order valence-electron chi connectivity index (χ2n) is 2.98. The maximum atomic E-state index is 5.39. The molecule has 90 valence electrons. The number of nitrogens with two attached hydrogens (primary N) is 1. The average molecular weight is 285 g/mol. The van der Waals surface area contributed by atoms with Crippen molar-refractivity contribution in [2.75, 3.05) is 11.7 Å². The van der Waals surface area contributed by atoms with Crippen LogP contribution in [0.15, 0.2) is 27.0 Å². The molecule has 0 spiro atoms. The smallest absolute Gasteiger partial charge is 0.175 e. The fraction of sp³-hybridized carbons (Fsp3) is 0.222. The van der Waals surface area contributed by atoms with Crippen LogP contribution in [-0.2, 0) is 5.75 Å². The van der Waals surface area contributed by atoms with E-state index < -0.39 is 0 Å². The number of nitrogen functional groups attached to an aromatic ring is 1. The summed E-state index contributed by atoms with van der Waals surface area (Å²) in [7, 11) is 0. The van der Waals surface area contributed by atoms with Crippen LogP contribution >= 0.6 is 34.9 Å². The summed E-state index contributed by atoms with van der Waals surface area (Å²) < 4.78 is 1.94. The molecule has 0 fully saturated rings. The third kappa shape index (κ3) is 3.32. The first-order valence-electron chi connectivity index (χ1n) is 4.74. The molecule has 2 aromatic rings. The third-order valence-corrected chi connectivity index (χ3v) is 5.02. The molecule has 0 aliphatic heterocycles. The maximum absolute atomic E-state index is 5.39. The van der Waals surface area contributed by atoms with Gasteiger partial charge in [0, 0.05) is 17.5 Å². The zero-order valence-electron chi connectivity index (χ0n) is 9.08. The molecule has 2 aromatic heterocycles. The highest BCUT2D eigenvalue weighted by atomic mass is 32.2. The minimum Gasteiger partial charge on any atom is -0.308 e. The lowest BCUT2D eigenvalue weighted by molar-refractivity contribution is 0.955. The number of hydrazine groups is 1. The van der Waals surface area contributed by atoms with Gasteiger partial charge in [0.1, 0.15) is 5.82 Å². The molecule has 0 unspecified atom stereocenters. The molecule has 5 nitrogen and oxygen atoms in total. The summed E-state index contributed by atoms with van der Waals surface area (Å²) in [5, 5.41) is 8.14. The van der Waals surface area contributed by atoms with Crippen LogP contribution in [0.4, 0.5) is 5.82 Å². The van der Waals surface area contributed by atoms with Crippen LogP contribution in [0.1, 0.15) is 5.56 Å². The van der Waals surface area contributed by atoms with E-state index in [4.69, 9.17) is 5.84 Å². The van der Waals surface area contributed by atoms with Gasteiger partial charge >= 0.3 is 0 Å². The van der Waals surface area contributed by atoms with Crippen molar-refractivity contribution in [1.29, 1.82) is 0 Å². The predicted molar refractivity (Wildman–Crippen MR) is 73.3 cm³/mol. The topological polar surface area (TPSA) is 76.7 Å². The molecule has 0 aromatic carbocycles. The minimum atomic E-state index is 0.703. The molecule has 0 bridgehead atoms. The number of aromatic nitrogens is 3. The van der Waals surface area contributed by atoms with Gasteiger partial charge < -0.3 is 5.43 Å². The highest BCUT2D eigenvalue weighted by molar-refractivity contribution is 8.02. The molecule has 17 heavy (non-hydrogen) atoms. The monoisotopic (exact) mass is 285 g/mol. The first kappa shape index (κ1) is 12.6. The van der Waals surface area contributed by atoms with Crippen LogP contribution < -0.4 is 11.3 Å². The van der Waals surface area contributed by atoms with Gasteiger partial charge in [0.05, 0.1) is 0 Å². The Balaban J connectivity index is 2.01. The van der Waals surface area contributed by atoms with E-state index in [1.165, 1.54) is 0 Å². The van der Waals surface area contributed by atoms with Gasteiger partial charge in [0.2, 0.25) is 0 Å². The van der Waals surface area contributed by atoms with Gasteiger partial charge in [-0.25, -0.2) is 10.8 Å². The molecule has 0 aliphatic carbocycles. The summed E-state index contributed by atoms with van der Waals surface area (Å²) in [6, 6.07) is 3.88. The molecule has 8 heteroatoms. The summed E-state index contributed by atoms with van der Waals surface area (Å²) >= 11 is 4.84. The van der Waals surface area contributed by atoms with Gasteiger partial charge in [-0.05, 0) is 12.3 Å². The molecule has 0 radical (unpaired) electrons. The van der Waals surface area contributed by atoms with Gasteiger partial charge in [-0.3, -0.25) is 0 Å². The third-order valence-electron chi connectivity index (χ3n) is 1.94. The largest absolute Gasteiger partial charge is 0.308 e. The summed E-state index contributed by atoms with van der Waals surface area (Å²) in [6.45, 7) is 0. The molecule has 0 atom stereocenters. The molecule has 0 aliphatic rings. The SMILES string of the molecule is CSc1nnc(SCc2cccnc2NN)s1. The van der Waals surface area contributed by atoms with Gasteiger partial charge in [-0.1, -0.05) is 40.9 Å². The molecule has 2 heterocycles. The minimum absolute atomic E-state index is 0.703. The Morgan fingerprint density at radius 2 is 2.24 bits per heavy atom. The second-order valence-corrected chi connectivity index (χ2v) is 6.24. The Bertz CT molecular complexity index is 487. The van der Waals surface area contributed by atoms with E-state index in [1.54, 1.807) is 41.1 Å². The Hall–Kier alpha value is -0.830. The van der Waals surface area contributed by atoms with Gasteiger partial charge in [-0.2, -0.15) is 0 Å². The number of hydrogen-bond donors (Lipinski definition) is 2. The van der Waals surface area contributed by atoms with Crippen LogP contribution in [0.5, 0.6) is 0 Å². The van der Waals surface area contributed by atoms with Crippen LogP contribution in [0.25, 0.3) is 0 Å². The molecule has 2 rings (SSSR count). The van der Waals surface area contributed by atoms with Crippen molar-refractivity contribution in [2.45, 2.75) is 14.4 Å². The van der Waals surface area contributed by atoms with Crippen molar-refractivity contribution >= 4 is 40.7 Å². The molecule has 3 N–H and O–H groups in total. The van der Waals surface area contributed by atoms with Crippen molar-refractivity contribution in [2.24, 2.45) is 5.84 Å². The molecule has 0 saturated heterocycles. The Morgan fingerprint density at radius 1 is 1.41 bits per heavy atom. The second kappa shape index (κ2) is 6.20. The van der Waals surface area contributed by atoms with E-state index in [9.17, 15) is 0 Å². The average Bonchev–Trinajstić information content (AvgIpc) is 2.84. The van der Waals surface area contributed by atoms with Crippen LogP contribution in [0.2, 0.25) is 0 Å². The normalized spacial score (nSPS) is 10.5. The van der Waals surface area contributed by atoms with Crippen molar-refractivity contribution < 1.29 is 0 Å². The number of rotatable bonds is 5. The van der Waals surface area contributed by atoms with E-state index in [0.29, 0.717) is 5.82 Å². The number of anilines is 1. The lowest BCUT2D eigenvalue weighted by Gasteiger charge is -2.05. The number of nitrogens with one attached hydrogen (secondary N) is 1. The lowest BCUT2D eigenvalue weighted by Crippen LogP contribution is -2.10. The Kier molecular flexibility index (Phi) is 4.60. The lowest BCUT2D eigenvalue weighted by atomic mass is 10.3. The Morgan fingerprint density at radius 3 is 2.94 bits per heavy atom. The Labute approximate surface area is 112 Å². The summed E-state index contributed by atoms with van der Waals surface area (Å²) in [4.78, 5) is 4.14. The first-order valence-corrected chi connectivity index (χ1v) is 7.77. The van der Waals surface area contributed by atoms with E-state index in [1.807, 2.05) is 18.4 Å². The molecular weight excluding hydrogens is 274 g/mol. The number of nitrogens with zero attached hydrogens (tertiary/aromatic N) is 3. The van der Waals surface area contributed by atoms with Gasteiger partial charge in [0.15, 0.2) is 8.68 Å². The highest BCUT2D eigenvalue weighted by Crippen LogP contribution is 2.30. The molecule has 0 saturated carbocycles. The van der Waals surface area contributed by atoms with E-state index >= 15 is 0 Å². The van der Waals surface area contributed by atoms with E-state index in [0.717, 1.165) is 20.0 Å². The van der Waals surface area contributed by atoms with Crippen molar-refractivity contribution in [3.8, 4) is 0 Å². The summed E-state index contributed by atoms with van der Waals surface area (Å²) in [5.74, 6) is 6.87. The van der Waals surface area contributed by atoms with Crippen molar-refractivity contribution in [3.63, 3.8) is 0 Å². The van der Waals surface area contributed by atoms with E-state index in [-0.39, 0.29) is 0 Å². The quantitative estimate of drug-likeness (QED) is 0.495. The zero-order valence-corrected chi connectivity index (χ0v) is 11.5. The number of thioether (sulfide) groups is 2. The van der Waals surface area contributed by atoms with Gasteiger partial charge in [0.25, 0.3) is 0 Å². The zero-order chi connectivity index (χ0) is 12.1. The van der Waals surface area contributed by atoms with Gasteiger partial charge in [-0.15, -0.1) is 10.2 Å². The van der Waals surface area contributed by atoms with Crippen molar-refractivity contribution in [3.05, 3.63) is 23.9 Å².